The van der Waals surface area contributed by atoms with Crippen LogP contribution in [0.1, 0.15) is 22.3 Å². The second-order valence-corrected chi connectivity index (χ2v) is 6.12. The molecule has 1 aliphatic carbocycles. The molecule has 0 fully saturated rings. The van der Waals surface area contributed by atoms with E-state index in [1.165, 1.54) is 16.7 Å². The summed E-state index contributed by atoms with van der Waals surface area (Å²) in [6.07, 6.45) is 3.27. The summed E-state index contributed by atoms with van der Waals surface area (Å²) in [5.41, 5.74) is 6.25. The third kappa shape index (κ3) is 3.16. The summed E-state index contributed by atoms with van der Waals surface area (Å²) in [5.74, 6) is 1.53. The lowest BCUT2D eigenvalue weighted by Crippen LogP contribution is -1.98. The van der Waals surface area contributed by atoms with E-state index < -0.39 is 0 Å². The van der Waals surface area contributed by atoms with Gasteiger partial charge >= 0.3 is 0 Å². The van der Waals surface area contributed by atoms with Crippen LogP contribution in [0.4, 0.5) is 0 Å². The molecule has 4 rings (SSSR count). The molecule has 1 aliphatic rings. The lowest BCUT2D eigenvalue weighted by Gasteiger charge is -2.14. The molecule has 0 aliphatic heterocycles. The SMILES string of the molecule is COc1ccc(C2=CCc3ccccc32)cc1OCc1ccccc1. The molecule has 0 heterocycles. The molecule has 0 saturated carbocycles. The second kappa shape index (κ2) is 6.86. The Labute approximate surface area is 148 Å². The van der Waals surface area contributed by atoms with Crippen molar-refractivity contribution in [3.05, 3.63) is 101 Å². The van der Waals surface area contributed by atoms with Crippen LogP contribution >= 0.6 is 0 Å². The van der Waals surface area contributed by atoms with Crippen molar-refractivity contribution < 1.29 is 9.47 Å². The first kappa shape index (κ1) is 15.5. The number of methoxy groups -OCH3 is 1. The van der Waals surface area contributed by atoms with Crippen LogP contribution in [0.3, 0.4) is 0 Å². The van der Waals surface area contributed by atoms with Crippen LogP contribution in [-0.4, -0.2) is 7.11 Å². The first-order valence-electron chi connectivity index (χ1n) is 8.49. The van der Waals surface area contributed by atoms with Gasteiger partial charge in [0.2, 0.25) is 0 Å². The molecule has 0 saturated heterocycles. The highest BCUT2D eigenvalue weighted by atomic mass is 16.5. The van der Waals surface area contributed by atoms with Crippen molar-refractivity contribution in [2.75, 3.05) is 7.11 Å². The molecule has 2 heteroatoms. The molecule has 3 aromatic rings. The fourth-order valence-corrected chi connectivity index (χ4v) is 3.25. The number of hydrogen-bond acceptors (Lipinski definition) is 2. The molecule has 3 aromatic carbocycles. The third-order valence-corrected chi connectivity index (χ3v) is 4.55. The zero-order valence-corrected chi connectivity index (χ0v) is 14.2. The van der Waals surface area contributed by atoms with Gasteiger partial charge in [-0.05, 0) is 46.4 Å². The van der Waals surface area contributed by atoms with Gasteiger partial charge in [0.05, 0.1) is 7.11 Å². The Kier molecular flexibility index (Phi) is 4.26. The van der Waals surface area contributed by atoms with Crippen molar-refractivity contribution in [2.24, 2.45) is 0 Å². The highest BCUT2D eigenvalue weighted by Gasteiger charge is 2.16. The zero-order valence-electron chi connectivity index (χ0n) is 14.2. The Hall–Kier alpha value is -3.00. The van der Waals surface area contributed by atoms with Gasteiger partial charge in [0, 0.05) is 0 Å². The summed E-state index contributed by atoms with van der Waals surface area (Å²) in [6, 6.07) is 24.9. The van der Waals surface area contributed by atoms with Crippen LogP contribution < -0.4 is 9.47 Å². The Morgan fingerprint density at radius 1 is 0.840 bits per heavy atom. The molecule has 0 atom stereocenters. The summed E-state index contributed by atoms with van der Waals surface area (Å²) in [6.45, 7) is 0.524. The molecule has 0 amide bonds. The number of ether oxygens (including phenoxy) is 2. The van der Waals surface area contributed by atoms with E-state index in [4.69, 9.17) is 9.47 Å². The molecule has 2 nitrogen and oxygen atoms in total. The first-order chi connectivity index (χ1) is 12.3. The molecule has 124 valence electrons. The van der Waals surface area contributed by atoms with Gasteiger partial charge in [0.15, 0.2) is 11.5 Å². The molecule has 0 spiro atoms. The van der Waals surface area contributed by atoms with Gasteiger partial charge in [-0.25, -0.2) is 0 Å². The molecule has 0 N–H and O–H groups in total. The zero-order chi connectivity index (χ0) is 17.1. The number of allylic oxidation sites excluding steroid dienone is 1. The number of hydrogen-bond donors (Lipinski definition) is 0. The van der Waals surface area contributed by atoms with Crippen molar-refractivity contribution in [3.8, 4) is 11.5 Å². The van der Waals surface area contributed by atoms with E-state index in [1.807, 2.05) is 24.3 Å². The van der Waals surface area contributed by atoms with Gasteiger partial charge in [-0.15, -0.1) is 0 Å². The van der Waals surface area contributed by atoms with Gasteiger partial charge in [0.1, 0.15) is 6.61 Å². The topological polar surface area (TPSA) is 18.5 Å². The Balaban J connectivity index is 1.63. The Morgan fingerprint density at radius 2 is 1.64 bits per heavy atom. The summed E-state index contributed by atoms with van der Waals surface area (Å²) < 4.78 is 11.5. The standard InChI is InChI=1S/C23H20O2/c1-24-22-14-12-19(21-13-11-18-9-5-6-10-20(18)21)15-23(22)25-16-17-7-3-2-4-8-17/h2-10,12-15H,11,16H2,1H3. The van der Waals surface area contributed by atoms with Gasteiger partial charge in [-0.1, -0.05) is 66.7 Å². The molecular weight excluding hydrogens is 308 g/mol. The maximum absolute atomic E-state index is 6.05. The molecule has 0 bridgehead atoms. The van der Waals surface area contributed by atoms with E-state index in [1.54, 1.807) is 7.11 Å². The fraction of sp³-hybridized carbons (Fsp3) is 0.130. The summed E-state index contributed by atoms with van der Waals surface area (Å²) >= 11 is 0. The van der Waals surface area contributed by atoms with E-state index in [2.05, 4.69) is 54.6 Å². The molecular formula is C23H20O2. The average Bonchev–Trinajstić information content (AvgIpc) is 3.11. The average molecular weight is 328 g/mol. The van der Waals surface area contributed by atoms with E-state index in [0.717, 1.165) is 29.0 Å². The van der Waals surface area contributed by atoms with Crippen molar-refractivity contribution >= 4 is 5.57 Å². The Morgan fingerprint density at radius 3 is 2.48 bits per heavy atom. The Bertz CT molecular complexity index is 910. The van der Waals surface area contributed by atoms with Crippen molar-refractivity contribution in [1.82, 2.24) is 0 Å². The first-order valence-corrected chi connectivity index (χ1v) is 8.49. The van der Waals surface area contributed by atoms with Crippen molar-refractivity contribution in [1.29, 1.82) is 0 Å². The van der Waals surface area contributed by atoms with Gasteiger partial charge in [0.25, 0.3) is 0 Å². The predicted molar refractivity (Wildman–Crippen MR) is 101 cm³/mol. The number of benzene rings is 3. The quantitative estimate of drug-likeness (QED) is 0.636. The van der Waals surface area contributed by atoms with Gasteiger partial charge in [-0.2, -0.15) is 0 Å². The second-order valence-electron chi connectivity index (χ2n) is 6.12. The fourth-order valence-electron chi connectivity index (χ4n) is 3.25. The number of fused-ring (bicyclic) bond motifs is 1. The van der Waals surface area contributed by atoms with Crippen LogP contribution in [0, 0.1) is 0 Å². The maximum atomic E-state index is 6.05. The molecule has 0 aromatic heterocycles. The van der Waals surface area contributed by atoms with E-state index in [0.29, 0.717) is 6.61 Å². The normalized spacial score (nSPS) is 12.4. The van der Waals surface area contributed by atoms with E-state index >= 15 is 0 Å². The molecule has 0 radical (unpaired) electrons. The minimum atomic E-state index is 0.524. The molecule has 25 heavy (non-hydrogen) atoms. The smallest absolute Gasteiger partial charge is 0.162 e. The van der Waals surface area contributed by atoms with Crippen LogP contribution in [0.15, 0.2) is 78.9 Å². The van der Waals surface area contributed by atoms with Crippen molar-refractivity contribution in [3.63, 3.8) is 0 Å². The summed E-state index contributed by atoms with van der Waals surface area (Å²) in [7, 11) is 1.68. The van der Waals surface area contributed by atoms with Crippen LogP contribution in [-0.2, 0) is 13.0 Å². The third-order valence-electron chi connectivity index (χ3n) is 4.55. The van der Waals surface area contributed by atoms with Gasteiger partial charge in [-0.3, -0.25) is 0 Å². The molecule has 0 unspecified atom stereocenters. The highest BCUT2D eigenvalue weighted by Crippen LogP contribution is 2.37. The number of rotatable bonds is 5. The predicted octanol–water partition coefficient (Wildman–Crippen LogP) is 5.26. The van der Waals surface area contributed by atoms with Crippen LogP contribution in [0.2, 0.25) is 0 Å². The van der Waals surface area contributed by atoms with Crippen LogP contribution in [0.5, 0.6) is 11.5 Å². The van der Waals surface area contributed by atoms with E-state index in [9.17, 15) is 0 Å². The maximum Gasteiger partial charge on any atom is 0.162 e. The lowest BCUT2D eigenvalue weighted by atomic mass is 9.99. The summed E-state index contributed by atoms with van der Waals surface area (Å²) in [5, 5.41) is 0. The minimum absolute atomic E-state index is 0.524. The lowest BCUT2D eigenvalue weighted by molar-refractivity contribution is 0.284. The largest absolute Gasteiger partial charge is 0.493 e. The monoisotopic (exact) mass is 328 g/mol. The van der Waals surface area contributed by atoms with Gasteiger partial charge < -0.3 is 9.47 Å². The van der Waals surface area contributed by atoms with E-state index in [-0.39, 0.29) is 0 Å². The van der Waals surface area contributed by atoms with Crippen molar-refractivity contribution in [2.45, 2.75) is 13.0 Å². The minimum Gasteiger partial charge on any atom is -0.493 e. The highest BCUT2D eigenvalue weighted by molar-refractivity contribution is 5.85. The summed E-state index contributed by atoms with van der Waals surface area (Å²) in [4.78, 5) is 0. The van der Waals surface area contributed by atoms with Crippen LogP contribution in [0.25, 0.3) is 5.57 Å².